The highest BCUT2D eigenvalue weighted by Crippen LogP contribution is 2.10. The number of hydrogen-bond acceptors (Lipinski definition) is 4. The number of hydrogen-bond donors (Lipinski definition) is 4. The number of anilines is 1. The molecule has 2 rings (SSSR count). The van der Waals surface area contributed by atoms with Crippen LogP contribution in [0.1, 0.15) is 18.4 Å². The van der Waals surface area contributed by atoms with Crippen LogP contribution >= 0.6 is 12.2 Å². The minimum atomic E-state index is -0.193. The Bertz CT molecular complexity index is 501. The number of benzene rings is 1. The van der Waals surface area contributed by atoms with Gasteiger partial charge in [0.1, 0.15) is 0 Å². The number of nitrogens with one attached hydrogen (secondary N) is 4. The van der Waals surface area contributed by atoms with Gasteiger partial charge >= 0.3 is 0 Å². The maximum absolute atomic E-state index is 11.7. The zero-order valence-electron chi connectivity index (χ0n) is 12.6. The van der Waals surface area contributed by atoms with Crippen LogP contribution in [0.25, 0.3) is 0 Å². The lowest BCUT2D eigenvalue weighted by Crippen LogP contribution is -2.49. The van der Waals surface area contributed by atoms with Crippen LogP contribution in [0.5, 0.6) is 0 Å². The molecule has 1 heterocycles. The van der Waals surface area contributed by atoms with E-state index in [1.807, 2.05) is 31.2 Å². The Hall–Kier alpha value is -1.86. The average Bonchev–Trinajstić information content (AvgIpc) is 3.04. The van der Waals surface area contributed by atoms with Gasteiger partial charge in [-0.2, -0.15) is 0 Å². The number of ether oxygens (including phenoxy) is 1. The first kappa shape index (κ1) is 16.5. The molecule has 4 N–H and O–H groups in total. The van der Waals surface area contributed by atoms with Crippen LogP contribution in [-0.4, -0.2) is 36.8 Å². The summed E-state index contributed by atoms with van der Waals surface area (Å²) in [7, 11) is 0. The SMILES string of the molecule is Cc1ccc(NCC(=O)NNC(=S)NC[C@H]2CCCO2)cc1. The molecule has 0 aromatic heterocycles. The molecule has 7 heteroatoms. The van der Waals surface area contributed by atoms with Crippen LogP contribution in [0.2, 0.25) is 0 Å². The lowest BCUT2D eigenvalue weighted by Gasteiger charge is -2.14. The predicted octanol–water partition coefficient (Wildman–Crippen LogP) is 1.08. The van der Waals surface area contributed by atoms with Gasteiger partial charge in [0.05, 0.1) is 12.6 Å². The van der Waals surface area contributed by atoms with E-state index in [2.05, 4.69) is 21.5 Å². The summed E-state index contributed by atoms with van der Waals surface area (Å²) in [5.74, 6) is -0.193. The van der Waals surface area contributed by atoms with Crippen LogP contribution < -0.4 is 21.5 Å². The van der Waals surface area contributed by atoms with E-state index >= 15 is 0 Å². The van der Waals surface area contributed by atoms with Gasteiger partial charge in [-0.05, 0) is 44.1 Å². The maximum atomic E-state index is 11.7. The van der Waals surface area contributed by atoms with E-state index in [1.54, 1.807) is 0 Å². The van der Waals surface area contributed by atoms with Crippen molar-refractivity contribution in [2.24, 2.45) is 0 Å². The second-order valence-corrected chi connectivity index (χ2v) is 5.65. The Morgan fingerprint density at radius 3 is 2.77 bits per heavy atom. The van der Waals surface area contributed by atoms with Crippen molar-refractivity contribution in [2.45, 2.75) is 25.9 Å². The van der Waals surface area contributed by atoms with Crippen molar-refractivity contribution in [2.75, 3.05) is 25.0 Å². The van der Waals surface area contributed by atoms with Gasteiger partial charge in [-0.1, -0.05) is 17.7 Å². The van der Waals surface area contributed by atoms with Gasteiger partial charge < -0.3 is 15.4 Å². The molecule has 0 spiro atoms. The van der Waals surface area contributed by atoms with Crippen molar-refractivity contribution in [3.05, 3.63) is 29.8 Å². The third-order valence-corrected chi connectivity index (χ3v) is 3.58. The quantitative estimate of drug-likeness (QED) is 0.480. The lowest BCUT2D eigenvalue weighted by atomic mass is 10.2. The van der Waals surface area contributed by atoms with Crippen molar-refractivity contribution in [1.29, 1.82) is 0 Å². The molecule has 0 unspecified atom stereocenters. The molecular weight excluding hydrogens is 300 g/mol. The van der Waals surface area contributed by atoms with Crippen molar-refractivity contribution in [1.82, 2.24) is 16.2 Å². The van der Waals surface area contributed by atoms with E-state index in [1.165, 1.54) is 5.56 Å². The van der Waals surface area contributed by atoms with Crippen molar-refractivity contribution in [3.8, 4) is 0 Å². The third kappa shape index (κ3) is 5.87. The lowest BCUT2D eigenvalue weighted by molar-refractivity contribution is -0.119. The molecule has 0 aliphatic carbocycles. The molecule has 0 saturated carbocycles. The van der Waals surface area contributed by atoms with Gasteiger partial charge in [-0.15, -0.1) is 0 Å². The molecule has 1 aliphatic rings. The van der Waals surface area contributed by atoms with Crippen LogP contribution in [-0.2, 0) is 9.53 Å². The average molecular weight is 322 g/mol. The number of aryl methyl sites for hydroxylation is 1. The largest absolute Gasteiger partial charge is 0.376 e. The van der Waals surface area contributed by atoms with E-state index in [0.717, 1.165) is 25.1 Å². The number of hydrazine groups is 1. The first-order chi connectivity index (χ1) is 10.6. The highest BCUT2D eigenvalue weighted by atomic mass is 32.1. The van der Waals surface area contributed by atoms with E-state index in [9.17, 15) is 4.79 Å². The molecule has 1 amide bonds. The zero-order valence-corrected chi connectivity index (χ0v) is 13.5. The van der Waals surface area contributed by atoms with Gasteiger partial charge in [0, 0.05) is 18.8 Å². The number of carbonyl (C=O) groups is 1. The third-order valence-electron chi connectivity index (χ3n) is 3.33. The van der Waals surface area contributed by atoms with Crippen LogP contribution in [0.4, 0.5) is 5.69 Å². The van der Waals surface area contributed by atoms with Gasteiger partial charge in [-0.3, -0.25) is 15.6 Å². The van der Waals surface area contributed by atoms with Crippen LogP contribution in [0.15, 0.2) is 24.3 Å². The Balaban J connectivity index is 1.58. The summed E-state index contributed by atoms with van der Waals surface area (Å²) in [5.41, 5.74) is 7.30. The molecule has 0 bridgehead atoms. The van der Waals surface area contributed by atoms with E-state index in [4.69, 9.17) is 17.0 Å². The standard InChI is InChI=1S/C15H22N4O2S/c1-11-4-6-12(7-5-11)16-10-14(20)18-19-15(22)17-9-13-3-2-8-21-13/h4-7,13,16H,2-3,8-10H2,1H3,(H,18,20)(H2,17,19,22)/t13-/m1/s1. The summed E-state index contributed by atoms with van der Waals surface area (Å²) in [5, 5.41) is 6.44. The predicted molar refractivity (Wildman–Crippen MR) is 90.5 cm³/mol. The highest BCUT2D eigenvalue weighted by molar-refractivity contribution is 7.80. The molecule has 1 aromatic rings. The summed E-state index contributed by atoms with van der Waals surface area (Å²) in [4.78, 5) is 11.7. The Labute approximate surface area is 136 Å². The topological polar surface area (TPSA) is 74.4 Å². The summed E-state index contributed by atoms with van der Waals surface area (Å²) in [6.07, 6.45) is 2.34. The minimum Gasteiger partial charge on any atom is -0.376 e. The van der Waals surface area contributed by atoms with Gasteiger partial charge in [0.2, 0.25) is 0 Å². The fraction of sp³-hybridized carbons (Fsp3) is 0.467. The summed E-state index contributed by atoms with van der Waals surface area (Å²) in [6, 6.07) is 7.85. The zero-order chi connectivity index (χ0) is 15.8. The van der Waals surface area contributed by atoms with Crippen LogP contribution in [0.3, 0.4) is 0 Å². The second-order valence-electron chi connectivity index (χ2n) is 5.24. The first-order valence-electron chi connectivity index (χ1n) is 7.38. The molecular formula is C15H22N4O2S. The van der Waals surface area contributed by atoms with E-state index < -0.39 is 0 Å². The Morgan fingerprint density at radius 1 is 1.32 bits per heavy atom. The van der Waals surface area contributed by atoms with Gasteiger partial charge in [0.15, 0.2) is 5.11 Å². The first-order valence-corrected chi connectivity index (χ1v) is 7.79. The highest BCUT2D eigenvalue weighted by Gasteiger charge is 2.15. The molecule has 1 atom stereocenters. The second kappa shape index (κ2) is 8.55. The maximum Gasteiger partial charge on any atom is 0.257 e. The molecule has 1 saturated heterocycles. The summed E-state index contributed by atoms with van der Waals surface area (Å²) in [6.45, 7) is 3.66. The normalized spacial score (nSPS) is 16.9. The number of carbonyl (C=O) groups excluding carboxylic acids is 1. The molecule has 1 aromatic carbocycles. The fourth-order valence-corrected chi connectivity index (χ4v) is 2.21. The minimum absolute atomic E-state index is 0.171. The Morgan fingerprint density at radius 2 is 2.09 bits per heavy atom. The molecule has 120 valence electrons. The Kier molecular flexibility index (Phi) is 6.42. The summed E-state index contributed by atoms with van der Waals surface area (Å²) < 4.78 is 5.48. The van der Waals surface area contributed by atoms with E-state index in [0.29, 0.717) is 11.7 Å². The number of amides is 1. The molecule has 1 aliphatic heterocycles. The number of thiocarbonyl (C=S) groups is 1. The van der Waals surface area contributed by atoms with Gasteiger partial charge in [0.25, 0.3) is 5.91 Å². The summed E-state index contributed by atoms with van der Waals surface area (Å²) >= 11 is 5.09. The van der Waals surface area contributed by atoms with Crippen molar-refractivity contribution in [3.63, 3.8) is 0 Å². The molecule has 6 nitrogen and oxygen atoms in total. The monoisotopic (exact) mass is 322 g/mol. The van der Waals surface area contributed by atoms with Crippen molar-refractivity contribution < 1.29 is 9.53 Å². The fourth-order valence-electron chi connectivity index (χ4n) is 2.08. The van der Waals surface area contributed by atoms with Crippen LogP contribution in [0, 0.1) is 6.92 Å². The molecule has 22 heavy (non-hydrogen) atoms. The van der Waals surface area contributed by atoms with Gasteiger partial charge in [-0.25, -0.2) is 0 Å². The molecule has 0 radical (unpaired) electrons. The molecule has 1 fully saturated rings. The number of rotatable bonds is 5. The van der Waals surface area contributed by atoms with E-state index in [-0.39, 0.29) is 18.6 Å². The smallest absolute Gasteiger partial charge is 0.257 e. The van der Waals surface area contributed by atoms with Crippen molar-refractivity contribution >= 4 is 28.9 Å².